The Morgan fingerprint density at radius 3 is 2.85 bits per heavy atom. The number of likely N-dealkylation sites (tertiary alicyclic amines) is 2. The summed E-state index contributed by atoms with van der Waals surface area (Å²) >= 11 is 0. The fourth-order valence-corrected chi connectivity index (χ4v) is 3.42. The average molecular weight is 276 g/mol. The number of aryl methyl sites for hydroxylation is 1. The van der Waals surface area contributed by atoms with Crippen molar-refractivity contribution in [2.75, 3.05) is 32.7 Å². The summed E-state index contributed by atoms with van der Waals surface area (Å²) in [4.78, 5) is 16.6. The van der Waals surface area contributed by atoms with E-state index in [2.05, 4.69) is 22.0 Å². The molecule has 0 radical (unpaired) electrons. The Bertz CT molecular complexity index is 464. The molecule has 0 spiro atoms. The van der Waals surface area contributed by atoms with Crippen molar-refractivity contribution in [3.63, 3.8) is 0 Å². The lowest BCUT2D eigenvalue weighted by atomic mass is 10.0. The summed E-state index contributed by atoms with van der Waals surface area (Å²) in [7, 11) is 0. The van der Waals surface area contributed by atoms with Crippen LogP contribution in [0.25, 0.3) is 0 Å². The smallest absolute Gasteiger partial charge is 0.236 e. The minimum atomic E-state index is 0.312. The normalized spacial score (nSPS) is 24.2. The lowest BCUT2D eigenvalue weighted by Crippen LogP contribution is -2.42. The predicted molar refractivity (Wildman–Crippen MR) is 77.6 cm³/mol. The molecule has 0 unspecified atom stereocenters. The molecule has 5 heteroatoms. The average Bonchev–Trinajstić information content (AvgIpc) is 3.08. The van der Waals surface area contributed by atoms with Gasteiger partial charge >= 0.3 is 0 Å². The van der Waals surface area contributed by atoms with E-state index < -0.39 is 0 Å². The van der Waals surface area contributed by atoms with Crippen molar-refractivity contribution in [2.45, 2.75) is 38.5 Å². The highest BCUT2D eigenvalue weighted by molar-refractivity contribution is 5.78. The zero-order chi connectivity index (χ0) is 13.9. The van der Waals surface area contributed by atoms with Crippen LogP contribution in [0.2, 0.25) is 0 Å². The van der Waals surface area contributed by atoms with Gasteiger partial charge in [-0.15, -0.1) is 0 Å². The van der Waals surface area contributed by atoms with E-state index in [4.69, 9.17) is 0 Å². The molecule has 3 heterocycles. The Hall–Kier alpha value is -1.36. The summed E-state index contributed by atoms with van der Waals surface area (Å²) in [5, 5.41) is 7.22. The Morgan fingerprint density at radius 2 is 2.15 bits per heavy atom. The first-order valence-electron chi connectivity index (χ1n) is 7.74. The fourth-order valence-electron chi connectivity index (χ4n) is 3.42. The lowest BCUT2D eigenvalue weighted by molar-refractivity contribution is -0.133. The number of piperidine rings is 1. The number of nitrogens with zero attached hydrogens (tertiary/aromatic N) is 3. The molecule has 0 bridgehead atoms. The second-order valence-corrected chi connectivity index (χ2v) is 6.13. The van der Waals surface area contributed by atoms with Crippen LogP contribution in [-0.2, 0) is 4.79 Å². The zero-order valence-corrected chi connectivity index (χ0v) is 12.3. The summed E-state index contributed by atoms with van der Waals surface area (Å²) < 4.78 is 0. The number of aromatic amines is 1. The van der Waals surface area contributed by atoms with Gasteiger partial charge in [-0.3, -0.25) is 14.8 Å². The van der Waals surface area contributed by atoms with E-state index in [0.29, 0.717) is 18.4 Å². The van der Waals surface area contributed by atoms with E-state index in [1.165, 1.54) is 30.5 Å². The van der Waals surface area contributed by atoms with Crippen molar-refractivity contribution < 1.29 is 4.79 Å². The first kappa shape index (κ1) is 13.6. The zero-order valence-electron chi connectivity index (χ0n) is 12.3. The van der Waals surface area contributed by atoms with E-state index in [0.717, 1.165) is 32.6 Å². The van der Waals surface area contributed by atoms with E-state index in [1.54, 1.807) is 0 Å². The highest BCUT2D eigenvalue weighted by Gasteiger charge is 2.28. The Kier molecular flexibility index (Phi) is 4.05. The van der Waals surface area contributed by atoms with Gasteiger partial charge in [0.05, 0.1) is 12.7 Å². The molecule has 1 aromatic rings. The molecule has 1 atom stereocenters. The summed E-state index contributed by atoms with van der Waals surface area (Å²) in [5.74, 6) is 0.818. The highest BCUT2D eigenvalue weighted by Crippen LogP contribution is 2.27. The van der Waals surface area contributed by atoms with E-state index in [1.807, 2.05) is 11.1 Å². The third kappa shape index (κ3) is 2.87. The summed E-state index contributed by atoms with van der Waals surface area (Å²) in [5.41, 5.74) is 2.48. The number of carbonyl (C=O) groups excluding carboxylic acids is 1. The Labute approximate surface area is 120 Å². The van der Waals surface area contributed by atoms with Crippen LogP contribution < -0.4 is 0 Å². The van der Waals surface area contributed by atoms with Gasteiger partial charge in [-0.25, -0.2) is 0 Å². The molecule has 20 heavy (non-hydrogen) atoms. The maximum atomic E-state index is 12.3. The standard InChI is InChI=1S/C15H24N4O/c1-12-9-16-17-15(12)13-5-8-18(10-13)11-14(20)19-6-3-2-4-7-19/h9,13H,2-8,10-11H2,1H3,(H,16,17)/t13-/m0/s1. The maximum absolute atomic E-state index is 12.3. The van der Waals surface area contributed by atoms with Crippen LogP contribution in [0.5, 0.6) is 0 Å². The van der Waals surface area contributed by atoms with Gasteiger partial charge in [-0.1, -0.05) is 0 Å². The summed E-state index contributed by atoms with van der Waals surface area (Å²) in [6.07, 6.45) is 6.62. The number of hydrogen-bond acceptors (Lipinski definition) is 3. The topological polar surface area (TPSA) is 52.2 Å². The van der Waals surface area contributed by atoms with Crippen LogP contribution in [0, 0.1) is 6.92 Å². The highest BCUT2D eigenvalue weighted by atomic mass is 16.2. The molecule has 1 N–H and O–H groups in total. The molecule has 0 aromatic carbocycles. The van der Waals surface area contributed by atoms with Gasteiger partial charge in [0.25, 0.3) is 0 Å². The van der Waals surface area contributed by atoms with Crippen molar-refractivity contribution >= 4 is 5.91 Å². The predicted octanol–water partition coefficient (Wildman–Crippen LogP) is 1.52. The van der Waals surface area contributed by atoms with Gasteiger partial charge in [0, 0.05) is 31.2 Å². The van der Waals surface area contributed by atoms with Crippen LogP contribution in [0.4, 0.5) is 0 Å². The number of H-pyrrole nitrogens is 1. The van der Waals surface area contributed by atoms with Crippen molar-refractivity contribution in [1.29, 1.82) is 0 Å². The summed E-state index contributed by atoms with van der Waals surface area (Å²) in [6, 6.07) is 0. The van der Waals surface area contributed by atoms with Gasteiger partial charge in [-0.2, -0.15) is 5.10 Å². The molecule has 2 aliphatic heterocycles. The molecule has 2 saturated heterocycles. The van der Waals surface area contributed by atoms with Crippen LogP contribution >= 0.6 is 0 Å². The molecule has 2 aliphatic rings. The minimum absolute atomic E-state index is 0.312. The monoisotopic (exact) mass is 276 g/mol. The maximum Gasteiger partial charge on any atom is 0.236 e. The Morgan fingerprint density at radius 1 is 1.35 bits per heavy atom. The van der Waals surface area contributed by atoms with E-state index >= 15 is 0 Å². The third-order valence-corrected chi connectivity index (χ3v) is 4.62. The van der Waals surface area contributed by atoms with Crippen molar-refractivity contribution in [2.24, 2.45) is 0 Å². The second kappa shape index (κ2) is 5.95. The second-order valence-electron chi connectivity index (χ2n) is 6.13. The first-order valence-corrected chi connectivity index (χ1v) is 7.74. The number of carbonyl (C=O) groups is 1. The van der Waals surface area contributed by atoms with Crippen molar-refractivity contribution in [3.05, 3.63) is 17.5 Å². The molecule has 3 rings (SSSR count). The SMILES string of the molecule is Cc1cn[nH]c1[C@H]1CCN(CC(=O)N2CCCCC2)C1. The first-order chi connectivity index (χ1) is 9.74. The van der Waals surface area contributed by atoms with Crippen LogP contribution in [0.15, 0.2) is 6.20 Å². The van der Waals surface area contributed by atoms with Gasteiger partial charge in [-0.05, 0) is 44.7 Å². The van der Waals surface area contributed by atoms with Crippen LogP contribution in [0.1, 0.15) is 42.9 Å². The van der Waals surface area contributed by atoms with Crippen LogP contribution in [0.3, 0.4) is 0 Å². The molecule has 1 aromatic heterocycles. The van der Waals surface area contributed by atoms with Gasteiger partial charge in [0.15, 0.2) is 0 Å². The number of amides is 1. The van der Waals surface area contributed by atoms with Gasteiger partial charge in [0.1, 0.15) is 0 Å². The lowest BCUT2D eigenvalue weighted by Gasteiger charge is -2.28. The molecule has 110 valence electrons. The molecule has 2 fully saturated rings. The van der Waals surface area contributed by atoms with Crippen molar-refractivity contribution in [1.82, 2.24) is 20.0 Å². The number of aromatic nitrogens is 2. The van der Waals surface area contributed by atoms with Crippen LogP contribution in [-0.4, -0.2) is 58.6 Å². The number of hydrogen-bond donors (Lipinski definition) is 1. The number of rotatable bonds is 3. The molecule has 0 aliphatic carbocycles. The largest absolute Gasteiger partial charge is 0.342 e. The van der Waals surface area contributed by atoms with E-state index in [-0.39, 0.29) is 0 Å². The van der Waals surface area contributed by atoms with Gasteiger partial charge in [0.2, 0.25) is 5.91 Å². The third-order valence-electron chi connectivity index (χ3n) is 4.62. The molecule has 0 saturated carbocycles. The molecule has 5 nitrogen and oxygen atoms in total. The Balaban J connectivity index is 1.52. The molecular formula is C15H24N4O. The molecule has 1 amide bonds. The minimum Gasteiger partial charge on any atom is -0.342 e. The fraction of sp³-hybridized carbons (Fsp3) is 0.733. The number of nitrogens with one attached hydrogen (secondary N) is 1. The van der Waals surface area contributed by atoms with Crippen molar-refractivity contribution in [3.8, 4) is 0 Å². The van der Waals surface area contributed by atoms with Gasteiger partial charge < -0.3 is 4.90 Å². The molecular weight excluding hydrogens is 252 g/mol. The van der Waals surface area contributed by atoms with E-state index in [9.17, 15) is 4.79 Å². The summed E-state index contributed by atoms with van der Waals surface area (Å²) in [6.45, 7) is 6.58. The quantitative estimate of drug-likeness (QED) is 0.910.